The predicted octanol–water partition coefficient (Wildman–Crippen LogP) is 5.12. The fraction of sp³-hybridized carbons (Fsp3) is 0.174. The minimum atomic E-state index is -0.420. The molecule has 0 amide bonds. The van der Waals surface area contributed by atoms with E-state index in [1.165, 1.54) is 23.9 Å². The van der Waals surface area contributed by atoms with E-state index in [9.17, 15) is 10.1 Å². The number of nitro benzene ring substituents is 1. The lowest BCUT2D eigenvalue weighted by Gasteiger charge is -2.13. The maximum absolute atomic E-state index is 11.2. The van der Waals surface area contributed by atoms with Crippen molar-refractivity contribution in [3.8, 4) is 22.9 Å². The molecule has 1 heterocycles. The van der Waals surface area contributed by atoms with E-state index in [1.807, 2.05) is 53.1 Å². The highest BCUT2D eigenvalue weighted by Crippen LogP contribution is 2.33. The van der Waals surface area contributed by atoms with Gasteiger partial charge in [0.25, 0.3) is 5.69 Å². The molecule has 0 atom stereocenters. The number of nitrogens with zero attached hydrogens (tertiary/aromatic N) is 3. The van der Waals surface area contributed by atoms with Crippen molar-refractivity contribution < 1.29 is 19.1 Å². The summed E-state index contributed by atoms with van der Waals surface area (Å²) in [7, 11) is 3.23. The topological polar surface area (TPSA) is 88.6 Å². The number of ether oxygens (including phenoxy) is 3. The van der Waals surface area contributed by atoms with E-state index in [0.29, 0.717) is 28.8 Å². The molecule has 4 rings (SSSR count). The smallest absolute Gasteiger partial charge is 0.271 e. The summed E-state index contributed by atoms with van der Waals surface area (Å²) in [5.41, 5.74) is 2.12. The summed E-state index contributed by atoms with van der Waals surface area (Å²) in [6.07, 6.45) is 0. The first-order chi connectivity index (χ1) is 15.6. The zero-order valence-electron chi connectivity index (χ0n) is 17.6. The predicted molar refractivity (Wildman–Crippen MR) is 123 cm³/mol. The number of non-ortho nitro benzene ring substituents is 1. The molecule has 0 spiro atoms. The van der Waals surface area contributed by atoms with Crippen molar-refractivity contribution in [2.75, 3.05) is 26.6 Å². The van der Waals surface area contributed by atoms with Gasteiger partial charge in [0, 0.05) is 17.9 Å². The molecule has 0 saturated carbocycles. The molecule has 0 aliphatic heterocycles. The third-order valence-electron chi connectivity index (χ3n) is 4.79. The van der Waals surface area contributed by atoms with E-state index in [-0.39, 0.29) is 5.69 Å². The Labute approximate surface area is 188 Å². The Balaban J connectivity index is 1.61. The quantitative estimate of drug-likeness (QED) is 0.151. The summed E-state index contributed by atoms with van der Waals surface area (Å²) in [6, 6.07) is 19.7. The normalized spacial score (nSPS) is 10.8. The Hall–Kier alpha value is -3.72. The number of para-hydroxylation sites is 2. The second-order valence-corrected chi connectivity index (χ2v) is 7.77. The lowest BCUT2D eigenvalue weighted by Crippen LogP contribution is -2.03. The maximum Gasteiger partial charge on any atom is 0.271 e. The highest BCUT2D eigenvalue weighted by atomic mass is 32.2. The van der Waals surface area contributed by atoms with E-state index in [0.717, 1.165) is 22.7 Å². The van der Waals surface area contributed by atoms with Crippen LogP contribution in [-0.4, -0.2) is 41.1 Å². The summed E-state index contributed by atoms with van der Waals surface area (Å²) in [5.74, 6) is 2.83. The Morgan fingerprint density at radius 2 is 1.75 bits per heavy atom. The van der Waals surface area contributed by atoms with Gasteiger partial charge in [-0.2, -0.15) is 0 Å². The molecular weight excluding hydrogens is 430 g/mol. The number of nitro groups is 1. The van der Waals surface area contributed by atoms with Crippen LogP contribution in [0.3, 0.4) is 0 Å². The first-order valence-corrected chi connectivity index (χ1v) is 10.8. The number of hydrogen-bond acceptors (Lipinski definition) is 7. The minimum absolute atomic E-state index is 0.00145. The van der Waals surface area contributed by atoms with Crippen LogP contribution >= 0.6 is 11.8 Å². The summed E-state index contributed by atoms with van der Waals surface area (Å²) in [6.45, 7) is 0.465. The molecule has 3 aromatic carbocycles. The average molecular weight is 452 g/mol. The van der Waals surface area contributed by atoms with E-state index < -0.39 is 4.92 Å². The largest absolute Gasteiger partial charge is 0.497 e. The molecule has 1 aromatic heterocycles. The van der Waals surface area contributed by atoms with Crippen molar-refractivity contribution in [1.29, 1.82) is 0 Å². The fourth-order valence-electron chi connectivity index (χ4n) is 3.27. The van der Waals surface area contributed by atoms with Gasteiger partial charge in [-0.3, -0.25) is 14.7 Å². The molecule has 0 aliphatic rings. The number of imidazole rings is 1. The van der Waals surface area contributed by atoms with Crippen LogP contribution in [0.1, 0.15) is 0 Å². The summed E-state index contributed by atoms with van der Waals surface area (Å²) in [4.78, 5) is 15.5. The van der Waals surface area contributed by atoms with E-state index in [4.69, 9.17) is 14.2 Å². The number of hydrogen-bond donors (Lipinski definition) is 0. The van der Waals surface area contributed by atoms with Gasteiger partial charge in [0.2, 0.25) is 0 Å². The van der Waals surface area contributed by atoms with Crippen molar-refractivity contribution in [1.82, 2.24) is 9.55 Å². The number of benzene rings is 3. The number of methoxy groups -OCH3 is 2. The highest BCUT2D eigenvalue weighted by molar-refractivity contribution is 7.99. The van der Waals surface area contributed by atoms with Crippen LogP contribution in [0.5, 0.6) is 17.2 Å². The lowest BCUT2D eigenvalue weighted by atomic mass is 10.2. The molecule has 9 heteroatoms. The van der Waals surface area contributed by atoms with Gasteiger partial charge in [-0.05, 0) is 42.5 Å². The number of aromatic nitrogens is 2. The fourth-order valence-corrected chi connectivity index (χ4v) is 4.11. The third kappa shape index (κ3) is 4.47. The molecule has 0 aliphatic carbocycles. The first-order valence-electron chi connectivity index (χ1n) is 9.80. The van der Waals surface area contributed by atoms with Gasteiger partial charge in [-0.15, -0.1) is 0 Å². The Morgan fingerprint density at radius 1 is 1.00 bits per heavy atom. The monoisotopic (exact) mass is 451 g/mol. The molecular formula is C23H21N3O5S. The van der Waals surface area contributed by atoms with Crippen LogP contribution < -0.4 is 14.2 Å². The van der Waals surface area contributed by atoms with Crippen LogP contribution in [0.25, 0.3) is 16.7 Å². The standard InChI is InChI=1S/C23H21N3O5S/c1-29-17-8-10-18(11-9-17)31-13-14-32-23-24-19-15-16(26(27)28)7-12-20(19)25(23)21-5-3-4-6-22(21)30-2/h3-12,15H,13-14H2,1-2H3. The van der Waals surface area contributed by atoms with Crippen molar-refractivity contribution in [2.45, 2.75) is 5.16 Å². The molecule has 4 aromatic rings. The van der Waals surface area contributed by atoms with Crippen molar-refractivity contribution >= 4 is 28.5 Å². The maximum atomic E-state index is 11.2. The van der Waals surface area contributed by atoms with Gasteiger partial charge in [0.05, 0.1) is 42.5 Å². The summed E-state index contributed by atoms with van der Waals surface area (Å²) in [5, 5.41) is 11.9. The van der Waals surface area contributed by atoms with Crippen LogP contribution in [0.4, 0.5) is 5.69 Å². The van der Waals surface area contributed by atoms with Gasteiger partial charge >= 0.3 is 0 Å². The van der Waals surface area contributed by atoms with E-state index in [2.05, 4.69) is 4.98 Å². The Kier molecular flexibility index (Phi) is 6.46. The lowest BCUT2D eigenvalue weighted by molar-refractivity contribution is -0.384. The Bertz CT molecular complexity index is 1240. The van der Waals surface area contributed by atoms with E-state index in [1.54, 1.807) is 20.3 Å². The SMILES string of the molecule is COc1ccc(OCCSc2nc3cc([N+](=O)[O-])ccc3n2-c2ccccc2OC)cc1. The molecule has 32 heavy (non-hydrogen) atoms. The number of thioether (sulfide) groups is 1. The van der Waals surface area contributed by atoms with Crippen molar-refractivity contribution in [2.24, 2.45) is 0 Å². The molecule has 0 N–H and O–H groups in total. The average Bonchev–Trinajstić information content (AvgIpc) is 3.19. The van der Waals surface area contributed by atoms with Crippen molar-refractivity contribution in [3.05, 3.63) is 76.8 Å². The molecule has 0 radical (unpaired) electrons. The molecule has 8 nitrogen and oxygen atoms in total. The summed E-state index contributed by atoms with van der Waals surface area (Å²) >= 11 is 1.50. The first kappa shape index (κ1) is 21.5. The van der Waals surface area contributed by atoms with Crippen LogP contribution in [-0.2, 0) is 0 Å². The number of fused-ring (bicyclic) bond motifs is 1. The molecule has 0 fully saturated rings. The van der Waals surface area contributed by atoms with Crippen LogP contribution in [0, 0.1) is 10.1 Å². The van der Waals surface area contributed by atoms with Gasteiger partial charge in [-0.25, -0.2) is 4.98 Å². The van der Waals surface area contributed by atoms with Gasteiger partial charge in [-0.1, -0.05) is 23.9 Å². The molecule has 164 valence electrons. The molecule has 0 saturated heterocycles. The minimum Gasteiger partial charge on any atom is -0.497 e. The van der Waals surface area contributed by atoms with Crippen LogP contribution in [0.2, 0.25) is 0 Å². The summed E-state index contributed by atoms with van der Waals surface area (Å²) < 4.78 is 18.5. The number of rotatable bonds is 9. The zero-order chi connectivity index (χ0) is 22.5. The van der Waals surface area contributed by atoms with E-state index >= 15 is 0 Å². The Morgan fingerprint density at radius 3 is 2.47 bits per heavy atom. The van der Waals surface area contributed by atoms with Crippen LogP contribution in [0.15, 0.2) is 71.9 Å². The van der Waals surface area contributed by atoms with Gasteiger partial charge in [0.15, 0.2) is 5.16 Å². The zero-order valence-corrected chi connectivity index (χ0v) is 18.4. The van der Waals surface area contributed by atoms with Crippen molar-refractivity contribution in [3.63, 3.8) is 0 Å². The highest BCUT2D eigenvalue weighted by Gasteiger charge is 2.18. The second-order valence-electron chi connectivity index (χ2n) is 6.70. The molecule has 0 bridgehead atoms. The van der Waals surface area contributed by atoms with Gasteiger partial charge < -0.3 is 14.2 Å². The molecule has 0 unspecified atom stereocenters. The second kappa shape index (κ2) is 9.61. The van der Waals surface area contributed by atoms with Gasteiger partial charge in [0.1, 0.15) is 17.2 Å². The third-order valence-corrected chi connectivity index (χ3v) is 5.69.